The maximum atomic E-state index is 11.6. The van der Waals surface area contributed by atoms with Crippen molar-refractivity contribution in [2.24, 2.45) is 0 Å². The van der Waals surface area contributed by atoms with E-state index in [9.17, 15) is 9.59 Å². The summed E-state index contributed by atoms with van der Waals surface area (Å²) in [5.41, 5.74) is 1.74. The first-order valence-electron chi connectivity index (χ1n) is 4.42. The van der Waals surface area contributed by atoms with Gasteiger partial charge in [-0.15, -0.1) is 11.3 Å². The van der Waals surface area contributed by atoms with Crippen molar-refractivity contribution in [3.05, 3.63) is 46.0 Å². The van der Waals surface area contributed by atoms with E-state index in [1.807, 2.05) is 0 Å². The van der Waals surface area contributed by atoms with Crippen LogP contribution in [0.1, 0.15) is 10.4 Å². The molecule has 0 saturated heterocycles. The van der Waals surface area contributed by atoms with Crippen molar-refractivity contribution in [3.63, 3.8) is 0 Å². The standard InChI is InChI=1S/C10H8N2O3S/c1-15-10(14)7-2-3-8(13)12(5-7)9-4-11-6-16-9/h2-6H,1H3. The van der Waals surface area contributed by atoms with E-state index in [-0.39, 0.29) is 5.56 Å². The number of thiazole rings is 1. The minimum absolute atomic E-state index is 0.211. The molecule has 2 rings (SSSR count). The molecular weight excluding hydrogens is 228 g/mol. The van der Waals surface area contributed by atoms with Crippen LogP contribution in [0.15, 0.2) is 34.8 Å². The van der Waals surface area contributed by atoms with Gasteiger partial charge in [-0.25, -0.2) is 4.79 Å². The second kappa shape index (κ2) is 4.28. The van der Waals surface area contributed by atoms with Gasteiger partial charge in [-0.1, -0.05) is 0 Å². The summed E-state index contributed by atoms with van der Waals surface area (Å²) in [5.74, 6) is -0.474. The fourth-order valence-electron chi connectivity index (χ4n) is 1.23. The van der Waals surface area contributed by atoms with Crippen molar-refractivity contribution in [2.75, 3.05) is 7.11 Å². The lowest BCUT2D eigenvalue weighted by Crippen LogP contribution is -2.17. The van der Waals surface area contributed by atoms with Gasteiger partial charge >= 0.3 is 5.97 Å². The molecule has 0 N–H and O–H groups in total. The summed E-state index contributed by atoms with van der Waals surface area (Å²) in [7, 11) is 1.30. The van der Waals surface area contributed by atoms with Gasteiger partial charge in [0.2, 0.25) is 0 Å². The van der Waals surface area contributed by atoms with E-state index in [1.54, 1.807) is 11.7 Å². The Balaban J connectivity index is 2.53. The number of carbonyl (C=O) groups excluding carboxylic acids is 1. The van der Waals surface area contributed by atoms with Crippen LogP contribution in [0, 0.1) is 0 Å². The zero-order chi connectivity index (χ0) is 11.5. The second-order valence-electron chi connectivity index (χ2n) is 2.96. The zero-order valence-electron chi connectivity index (χ0n) is 8.41. The van der Waals surface area contributed by atoms with Crippen LogP contribution < -0.4 is 5.56 Å². The molecule has 0 aliphatic rings. The highest BCUT2D eigenvalue weighted by Gasteiger charge is 2.08. The highest BCUT2D eigenvalue weighted by molar-refractivity contribution is 7.12. The zero-order valence-corrected chi connectivity index (χ0v) is 9.23. The van der Waals surface area contributed by atoms with E-state index in [0.717, 1.165) is 0 Å². The molecule has 0 fully saturated rings. The molecule has 2 aromatic rings. The monoisotopic (exact) mass is 236 g/mol. The topological polar surface area (TPSA) is 61.2 Å². The van der Waals surface area contributed by atoms with E-state index in [2.05, 4.69) is 9.72 Å². The lowest BCUT2D eigenvalue weighted by molar-refractivity contribution is 0.0600. The maximum Gasteiger partial charge on any atom is 0.339 e. The second-order valence-corrected chi connectivity index (χ2v) is 3.82. The number of ether oxygens (including phenoxy) is 1. The van der Waals surface area contributed by atoms with Gasteiger partial charge in [0.05, 0.1) is 24.4 Å². The van der Waals surface area contributed by atoms with E-state index in [1.165, 1.54) is 41.3 Å². The molecule has 0 bridgehead atoms. The predicted molar refractivity (Wildman–Crippen MR) is 59.1 cm³/mol. The van der Waals surface area contributed by atoms with E-state index < -0.39 is 5.97 Å². The highest BCUT2D eigenvalue weighted by atomic mass is 32.1. The third-order valence-corrected chi connectivity index (χ3v) is 2.76. The number of rotatable bonds is 2. The summed E-state index contributed by atoms with van der Waals surface area (Å²) in [6.07, 6.45) is 3.01. The van der Waals surface area contributed by atoms with Crippen LogP contribution in [0.4, 0.5) is 0 Å². The normalized spacial score (nSPS) is 10.1. The molecule has 2 heterocycles. The molecule has 16 heavy (non-hydrogen) atoms. The van der Waals surface area contributed by atoms with Gasteiger partial charge in [-0.05, 0) is 6.07 Å². The smallest absolute Gasteiger partial charge is 0.339 e. The Morgan fingerprint density at radius 3 is 2.94 bits per heavy atom. The van der Waals surface area contributed by atoms with Crippen molar-refractivity contribution < 1.29 is 9.53 Å². The minimum Gasteiger partial charge on any atom is -0.465 e. The largest absolute Gasteiger partial charge is 0.465 e. The third kappa shape index (κ3) is 1.87. The Hall–Kier alpha value is -1.95. The lowest BCUT2D eigenvalue weighted by atomic mass is 10.3. The quantitative estimate of drug-likeness (QED) is 0.732. The molecule has 0 amide bonds. The maximum absolute atomic E-state index is 11.6. The molecule has 0 aliphatic carbocycles. The van der Waals surface area contributed by atoms with Crippen molar-refractivity contribution >= 4 is 17.3 Å². The molecule has 0 radical (unpaired) electrons. The van der Waals surface area contributed by atoms with E-state index in [4.69, 9.17) is 0 Å². The molecule has 0 atom stereocenters. The molecule has 2 aromatic heterocycles. The van der Waals surface area contributed by atoms with Crippen LogP contribution in [0.25, 0.3) is 5.00 Å². The summed E-state index contributed by atoms with van der Waals surface area (Å²) < 4.78 is 5.95. The fraction of sp³-hybridized carbons (Fsp3) is 0.100. The molecule has 82 valence electrons. The molecule has 0 unspecified atom stereocenters. The van der Waals surface area contributed by atoms with Crippen LogP contribution in [-0.4, -0.2) is 22.6 Å². The van der Waals surface area contributed by atoms with Crippen molar-refractivity contribution in [3.8, 4) is 5.00 Å². The van der Waals surface area contributed by atoms with Gasteiger partial charge in [0.1, 0.15) is 5.00 Å². The number of methoxy groups -OCH3 is 1. The highest BCUT2D eigenvalue weighted by Crippen LogP contribution is 2.11. The van der Waals surface area contributed by atoms with Crippen molar-refractivity contribution in [1.82, 2.24) is 9.55 Å². The van der Waals surface area contributed by atoms with Crippen LogP contribution in [0.5, 0.6) is 0 Å². The van der Waals surface area contributed by atoms with Crippen LogP contribution in [-0.2, 0) is 4.74 Å². The summed E-state index contributed by atoms with van der Waals surface area (Å²) in [6, 6.07) is 2.76. The molecule has 6 heteroatoms. The Bertz CT molecular complexity index is 560. The molecule has 0 spiro atoms. The summed E-state index contributed by atoms with van der Waals surface area (Å²) in [4.78, 5) is 26.7. The number of nitrogens with zero attached hydrogens (tertiary/aromatic N) is 2. The Labute approximate surface area is 94.9 Å². The number of carbonyl (C=O) groups is 1. The average Bonchev–Trinajstić information content (AvgIpc) is 2.82. The van der Waals surface area contributed by atoms with Crippen molar-refractivity contribution in [1.29, 1.82) is 0 Å². The van der Waals surface area contributed by atoms with Crippen LogP contribution >= 0.6 is 11.3 Å². The molecule has 0 aromatic carbocycles. The van der Waals surface area contributed by atoms with E-state index in [0.29, 0.717) is 10.6 Å². The van der Waals surface area contributed by atoms with Gasteiger partial charge in [0, 0.05) is 12.3 Å². The number of aromatic nitrogens is 2. The number of pyridine rings is 1. The Kier molecular flexibility index (Phi) is 2.82. The van der Waals surface area contributed by atoms with Gasteiger partial charge in [0.15, 0.2) is 0 Å². The number of hydrogen-bond donors (Lipinski definition) is 0. The van der Waals surface area contributed by atoms with Gasteiger partial charge in [0.25, 0.3) is 5.56 Å². The van der Waals surface area contributed by atoms with Gasteiger partial charge < -0.3 is 4.74 Å². The predicted octanol–water partition coefficient (Wildman–Crippen LogP) is 1.08. The Morgan fingerprint density at radius 1 is 1.50 bits per heavy atom. The molecule has 0 saturated carbocycles. The third-order valence-electron chi connectivity index (χ3n) is 1.99. The summed E-state index contributed by atoms with van der Waals surface area (Å²) in [6.45, 7) is 0. The van der Waals surface area contributed by atoms with Crippen LogP contribution in [0.3, 0.4) is 0 Å². The fourth-order valence-corrected chi connectivity index (χ4v) is 1.83. The molecule has 5 nitrogen and oxygen atoms in total. The first-order valence-corrected chi connectivity index (χ1v) is 5.30. The Morgan fingerprint density at radius 2 is 2.31 bits per heavy atom. The number of hydrogen-bond acceptors (Lipinski definition) is 5. The molecule has 0 aliphatic heterocycles. The molecular formula is C10H8N2O3S. The SMILES string of the molecule is COC(=O)c1ccc(=O)n(-c2cncs2)c1. The first kappa shape index (κ1) is 10.6. The van der Waals surface area contributed by atoms with Gasteiger partial charge in [-0.3, -0.25) is 14.3 Å². The van der Waals surface area contributed by atoms with Crippen molar-refractivity contribution in [2.45, 2.75) is 0 Å². The first-order chi connectivity index (χ1) is 7.72. The summed E-state index contributed by atoms with van der Waals surface area (Å²) >= 11 is 1.32. The summed E-state index contributed by atoms with van der Waals surface area (Å²) in [5, 5.41) is 0.663. The van der Waals surface area contributed by atoms with Gasteiger partial charge in [-0.2, -0.15) is 0 Å². The number of esters is 1. The minimum atomic E-state index is -0.474. The average molecular weight is 236 g/mol. The lowest BCUT2D eigenvalue weighted by Gasteiger charge is -2.03. The van der Waals surface area contributed by atoms with E-state index >= 15 is 0 Å². The van der Waals surface area contributed by atoms with Crippen LogP contribution in [0.2, 0.25) is 0 Å².